The monoisotopic (exact) mass is 405 g/mol. The number of sulfonamides is 1. The van der Waals surface area contributed by atoms with E-state index in [0.29, 0.717) is 17.0 Å². The van der Waals surface area contributed by atoms with Gasteiger partial charge in [0.1, 0.15) is 5.58 Å². The number of hydrogen-bond donors (Lipinski definition) is 1. The molecular weight excluding hydrogens is 395 g/mol. The lowest BCUT2D eigenvalue weighted by Crippen LogP contribution is -2.23. The highest BCUT2D eigenvalue weighted by Crippen LogP contribution is 2.32. The number of alkyl halides is 3. The zero-order valence-electron chi connectivity index (χ0n) is 12.7. The van der Waals surface area contributed by atoms with Gasteiger partial charge in [0.2, 0.25) is 5.09 Å². The molecule has 26 heavy (non-hydrogen) atoms. The molecule has 1 N–H and O–H groups in total. The van der Waals surface area contributed by atoms with Crippen LogP contribution in [-0.2, 0) is 19.9 Å². The van der Waals surface area contributed by atoms with Gasteiger partial charge < -0.3 is 4.42 Å². The molecule has 138 valence electrons. The second kappa shape index (κ2) is 6.02. The lowest BCUT2D eigenvalue weighted by atomic mass is 10.3. The van der Waals surface area contributed by atoms with Crippen molar-refractivity contribution in [3.63, 3.8) is 0 Å². The van der Waals surface area contributed by atoms with Gasteiger partial charge in [0.15, 0.2) is 0 Å². The highest BCUT2D eigenvalue weighted by atomic mass is 32.2. The quantitative estimate of drug-likeness (QED) is 0.717. The van der Waals surface area contributed by atoms with Gasteiger partial charge in [-0.2, -0.15) is 21.6 Å². The molecule has 11 heteroatoms. The first-order valence-electron chi connectivity index (χ1n) is 6.93. The molecule has 0 bridgehead atoms. The van der Waals surface area contributed by atoms with Crippen LogP contribution < -0.4 is 4.72 Å². The molecule has 0 atom stereocenters. The number of furan rings is 1. The Bertz CT molecular complexity index is 1150. The van der Waals surface area contributed by atoms with Crippen molar-refractivity contribution in [2.45, 2.75) is 15.5 Å². The zero-order chi connectivity index (χ0) is 19.2. The fraction of sp³-hybridized carbons (Fsp3) is 0.0667. The molecule has 0 saturated carbocycles. The summed E-state index contributed by atoms with van der Waals surface area (Å²) in [6.07, 6.45) is 0. The van der Waals surface area contributed by atoms with E-state index in [1.54, 1.807) is 24.3 Å². The topological polar surface area (TPSA) is 93.5 Å². The molecule has 0 aliphatic heterocycles. The van der Waals surface area contributed by atoms with Crippen LogP contribution >= 0.6 is 0 Å². The van der Waals surface area contributed by atoms with Crippen molar-refractivity contribution in [2.24, 2.45) is 0 Å². The number of rotatable bonds is 4. The van der Waals surface area contributed by atoms with Crippen molar-refractivity contribution in [3.05, 3.63) is 54.6 Å². The van der Waals surface area contributed by atoms with Crippen LogP contribution in [-0.4, -0.2) is 22.3 Å². The summed E-state index contributed by atoms with van der Waals surface area (Å²) in [5.74, 6) is 0. The van der Waals surface area contributed by atoms with Gasteiger partial charge >= 0.3 is 5.51 Å². The number of anilines is 1. The van der Waals surface area contributed by atoms with Crippen LogP contribution in [0.3, 0.4) is 0 Å². The molecule has 0 fully saturated rings. The summed E-state index contributed by atoms with van der Waals surface area (Å²) in [6, 6.07) is 11.1. The maximum atomic E-state index is 12.6. The van der Waals surface area contributed by atoms with Crippen LogP contribution in [0.25, 0.3) is 11.0 Å². The van der Waals surface area contributed by atoms with E-state index < -0.39 is 35.4 Å². The number of fused-ring (bicyclic) bond motifs is 1. The van der Waals surface area contributed by atoms with E-state index in [1.807, 2.05) is 4.72 Å². The first-order valence-corrected chi connectivity index (χ1v) is 9.90. The molecule has 2 aromatic carbocycles. The molecule has 0 aliphatic carbocycles. The van der Waals surface area contributed by atoms with E-state index in [0.717, 1.165) is 18.2 Å². The van der Waals surface area contributed by atoms with E-state index in [4.69, 9.17) is 4.42 Å². The van der Waals surface area contributed by atoms with Crippen molar-refractivity contribution in [1.29, 1.82) is 0 Å². The van der Waals surface area contributed by atoms with Gasteiger partial charge in [-0.25, -0.2) is 8.42 Å². The Morgan fingerprint density at radius 2 is 1.58 bits per heavy atom. The van der Waals surface area contributed by atoms with Gasteiger partial charge in [-0.1, -0.05) is 24.3 Å². The van der Waals surface area contributed by atoms with Crippen LogP contribution in [0.1, 0.15) is 0 Å². The van der Waals surface area contributed by atoms with Crippen molar-refractivity contribution in [3.8, 4) is 0 Å². The van der Waals surface area contributed by atoms with Crippen molar-refractivity contribution in [2.75, 3.05) is 4.72 Å². The largest absolute Gasteiger partial charge is 0.501 e. The predicted octanol–water partition coefficient (Wildman–Crippen LogP) is 3.53. The third-order valence-corrected chi connectivity index (χ3v) is 6.09. The third kappa shape index (κ3) is 3.27. The Morgan fingerprint density at radius 1 is 0.885 bits per heavy atom. The molecule has 0 amide bonds. The summed E-state index contributed by atoms with van der Waals surface area (Å²) >= 11 is 0. The zero-order valence-corrected chi connectivity index (χ0v) is 14.3. The third-order valence-electron chi connectivity index (χ3n) is 3.37. The summed E-state index contributed by atoms with van der Waals surface area (Å²) in [5, 5.41) is 0.0593. The Balaban J connectivity index is 1.97. The molecule has 0 spiro atoms. The van der Waals surface area contributed by atoms with Crippen molar-refractivity contribution < 1.29 is 34.4 Å². The minimum absolute atomic E-state index is 0.307. The van der Waals surface area contributed by atoms with E-state index in [9.17, 15) is 30.0 Å². The summed E-state index contributed by atoms with van der Waals surface area (Å²) in [6.45, 7) is 0. The first kappa shape index (κ1) is 18.3. The van der Waals surface area contributed by atoms with Gasteiger partial charge in [0, 0.05) is 11.5 Å². The standard InChI is InChI=1S/C15H10F3NO5S2/c16-15(17,18)25(20,21)12-6-3-5-11(9-12)19-26(22,23)14-8-10-4-1-2-7-13(10)24-14/h1-9,19H. The van der Waals surface area contributed by atoms with Crippen LogP contribution in [0.5, 0.6) is 0 Å². The Morgan fingerprint density at radius 3 is 2.23 bits per heavy atom. The predicted molar refractivity (Wildman–Crippen MR) is 86.7 cm³/mol. The second-order valence-corrected chi connectivity index (χ2v) is 8.74. The van der Waals surface area contributed by atoms with Crippen LogP contribution in [0.4, 0.5) is 18.9 Å². The van der Waals surface area contributed by atoms with E-state index >= 15 is 0 Å². The van der Waals surface area contributed by atoms with Crippen molar-refractivity contribution in [1.82, 2.24) is 0 Å². The number of halogens is 3. The molecule has 1 aromatic heterocycles. The SMILES string of the molecule is O=S(=O)(Nc1cccc(S(=O)(=O)C(F)(F)F)c1)c1cc2ccccc2o1. The minimum atomic E-state index is -5.60. The van der Waals surface area contributed by atoms with Gasteiger partial charge in [-0.3, -0.25) is 4.72 Å². The highest BCUT2D eigenvalue weighted by Gasteiger charge is 2.46. The van der Waals surface area contributed by atoms with Gasteiger partial charge in [-0.05, 0) is 24.3 Å². The van der Waals surface area contributed by atoms with Crippen molar-refractivity contribution >= 4 is 36.5 Å². The number of hydrogen-bond acceptors (Lipinski definition) is 5. The van der Waals surface area contributed by atoms with Gasteiger partial charge in [-0.15, -0.1) is 0 Å². The van der Waals surface area contributed by atoms with E-state index in [-0.39, 0.29) is 5.69 Å². The maximum Gasteiger partial charge on any atom is 0.501 e. The lowest BCUT2D eigenvalue weighted by molar-refractivity contribution is -0.0435. The first-order chi connectivity index (χ1) is 12.0. The average Bonchev–Trinajstić information content (AvgIpc) is 2.98. The molecule has 0 saturated heterocycles. The Kier molecular flexibility index (Phi) is 4.23. The van der Waals surface area contributed by atoms with Crippen LogP contribution in [0, 0.1) is 0 Å². The van der Waals surface area contributed by atoms with E-state index in [2.05, 4.69) is 0 Å². The number of sulfone groups is 1. The minimum Gasteiger partial charge on any atom is -0.443 e. The van der Waals surface area contributed by atoms with Crippen LogP contribution in [0.2, 0.25) is 0 Å². The molecule has 3 aromatic rings. The fourth-order valence-electron chi connectivity index (χ4n) is 2.16. The summed E-state index contributed by atoms with van der Waals surface area (Å²) in [7, 11) is -9.86. The second-order valence-electron chi connectivity index (χ2n) is 5.19. The Hall–Kier alpha value is -2.53. The Labute approximate surface area is 146 Å². The summed E-state index contributed by atoms with van der Waals surface area (Å²) in [4.78, 5) is -1.07. The molecule has 3 rings (SSSR count). The molecule has 0 aliphatic rings. The fourth-order valence-corrected chi connectivity index (χ4v) is 3.98. The van der Waals surface area contributed by atoms with Gasteiger partial charge in [0.05, 0.1) is 10.6 Å². The normalized spacial score (nSPS) is 13.0. The molecule has 0 unspecified atom stereocenters. The number of benzene rings is 2. The summed E-state index contributed by atoms with van der Waals surface area (Å²) in [5.41, 5.74) is -5.54. The van der Waals surface area contributed by atoms with Gasteiger partial charge in [0.25, 0.3) is 19.9 Å². The average molecular weight is 405 g/mol. The summed E-state index contributed by atoms with van der Waals surface area (Å²) < 4.78 is 92.7. The van der Waals surface area contributed by atoms with Crippen LogP contribution in [0.15, 0.2) is 69.0 Å². The molecular formula is C15H10F3NO5S2. The molecule has 0 radical (unpaired) electrons. The smallest absolute Gasteiger partial charge is 0.443 e. The lowest BCUT2D eigenvalue weighted by Gasteiger charge is -2.10. The molecule has 1 heterocycles. The number of para-hydroxylation sites is 1. The highest BCUT2D eigenvalue weighted by molar-refractivity contribution is 7.92. The number of nitrogens with one attached hydrogen (secondary N) is 1. The van der Waals surface area contributed by atoms with E-state index in [1.165, 1.54) is 6.07 Å². The molecule has 6 nitrogen and oxygen atoms in total. The maximum absolute atomic E-state index is 12.6.